The Bertz CT molecular complexity index is 564. The molecule has 3 nitrogen and oxygen atoms in total. The molecule has 1 aliphatic carbocycles. The van der Waals surface area contributed by atoms with Crippen LogP contribution in [-0.2, 0) is 9.84 Å². The average Bonchev–Trinajstić information content (AvgIpc) is 3.23. The Labute approximate surface area is 133 Å². The molecule has 0 heterocycles. The van der Waals surface area contributed by atoms with Crippen molar-refractivity contribution in [3.05, 3.63) is 29.3 Å². The minimum atomic E-state index is -3.24. The van der Waals surface area contributed by atoms with Gasteiger partial charge in [0, 0.05) is 23.7 Å². The van der Waals surface area contributed by atoms with E-state index in [2.05, 4.69) is 25.7 Å². The largest absolute Gasteiger partial charge is 0.296 e. The van der Waals surface area contributed by atoms with E-state index >= 15 is 0 Å². The van der Waals surface area contributed by atoms with Crippen LogP contribution in [0.15, 0.2) is 29.2 Å². The van der Waals surface area contributed by atoms with Gasteiger partial charge in [-0.2, -0.15) is 0 Å². The average molecular weight is 330 g/mol. The van der Waals surface area contributed by atoms with E-state index in [0.29, 0.717) is 34.5 Å². The minimum absolute atomic E-state index is 0.169. The van der Waals surface area contributed by atoms with Crippen LogP contribution in [0.5, 0.6) is 0 Å². The molecule has 21 heavy (non-hydrogen) atoms. The van der Waals surface area contributed by atoms with Crippen LogP contribution in [0, 0.1) is 5.92 Å². The van der Waals surface area contributed by atoms with Gasteiger partial charge in [0.1, 0.15) is 0 Å². The van der Waals surface area contributed by atoms with Gasteiger partial charge in [-0.1, -0.05) is 25.4 Å². The summed E-state index contributed by atoms with van der Waals surface area (Å²) in [4.78, 5) is 2.72. The fourth-order valence-corrected chi connectivity index (χ4v) is 3.86. The number of halogens is 1. The summed E-state index contributed by atoms with van der Waals surface area (Å²) in [5.74, 6) is 0.700. The number of sulfone groups is 1. The molecule has 1 saturated carbocycles. The lowest BCUT2D eigenvalue weighted by atomic mass is 10.0. The fraction of sp³-hybridized carbons (Fsp3) is 0.625. The number of benzene rings is 1. The lowest BCUT2D eigenvalue weighted by Crippen LogP contribution is -2.41. The van der Waals surface area contributed by atoms with E-state index < -0.39 is 9.84 Å². The summed E-state index contributed by atoms with van der Waals surface area (Å²) in [6, 6.07) is 7.42. The van der Waals surface area contributed by atoms with Crippen LogP contribution >= 0.6 is 11.6 Å². The molecular weight excluding hydrogens is 306 g/mol. The predicted molar refractivity (Wildman–Crippen MR) is 87.5 cm³/mol. The van der Waals surface area contributed by atoms with Gasteiger partial charge >= 0.3 is 0 Å². The standard InChI is InChI=1S/C16H24ClNO2S/c1-12(2)13(3)18(15-6-7-15)10-11-21(19,20)16-8-4-14(17)5-9-16/h4-5,8-9,12-13,15H,6-7,10-11H2,1-3H3/t13-/m1/s1. The highest BCUT2D eigenvalue weighted by Gasteiger charge is 2.33. The maximum absolute atomic E-state index is 12.4. The van der Waals surface area contributed by atoms with Crippen molar-refractivity contribution in [2.75, 3.05) is 12.3 Å². The summed E-state index contributed by atoms with van der Waals surface area (Å²) in [5.41, 5.74) is 0. The summed E-state index contributed by atoms with van der Waals surface area (Å²) in [6.45, 7) is 7.17. The SMILES string of the molecule is CC(C)[C@@H](C)N(CCS(=O)(=O)c1ccc(Cl)cc1)C1CC1. The molecule has 5 heteroatoms. The van der Waals surface area contributed by atoms with E-state index in [1.165, 1.54) is 12.8 Å². The quantitative estimate of drug-likeness (QED) is 0.766. The summed E-state index contributed by atoms with van der Waals surface area (Å²) in [6.07, 6.45) is 2.39. The summed E-state index contributed by atoms with van der Waals surface area (Å²) >= 11 is 5.81. The maximum atomic E-state index is 12.4. The zero-order chi connectivity index (χ0) is 15.6. The third-order valence-corrected chi connectivity index (χ3v) is 6.26. The van der Waals surface area contributed by atoms with Gasteiger partial charge in [0.2, 0.25) is 0 Å². The van der Waals surface area contributed by atoms with Crippen LogP contribution in [0.1, 0.15) is 33.6 Å². The van der Waals surface area contributed by atoms with Gasteiger partial charge in [0.05, 0.1) is 10.6 Å². The lowest BCUT2D eigenvalue weighted by Gasteiger charge is -2.31. The van der Waals surface area contributed by atoms with Gasteiger partial charge in [-0.25, -0.2) is 8.42 Å². The van der Waals surface area contributed by atoms with E-state index in [-0.39, 0.29) is 5.75 Å². The predicted octanol–water partition coefficient (Wildman–Crippen LogP) is 3.62. The molecule has 0 spiro atoms. The molecule has 0 N–H and O–H groups in total. The summed E-state index contributed by atoms with van der Waals surface area (Å²) in [5, 5.41) is 0.557. The van der Waals surface area contributed by atoms with Crippen molar-refractivity contribution in [2.24, 2.45) is 5.92 Å². The third kappa shape index (κ3) is 4.44. The van der Waals surface area contributed by atoms with Crippen molar-refractivity contribution < 1.29 is 8.42 Å². The number of hydrogen-bond donors (Lipinski definition) is 0. The first kappa shape index (κ1) is 16.8. The van der Waals surface area contributed by atoms with Crippen molar-refractivity contribution >= 4 is 21.4 Å². The molecule has 0 unspecified atom stereocenters. The van der Waals surface area contributed by atoms with Crippen molar-refractivity contribution in [3.8, 4) is 0 Å². The van der Waals surface area contributed by atoms with Crippen LogP contribution in [0.3, 0.4) is 0 Å². The maximum Gasteiger partial charge on any atom is 0.179 e. The van der Waals surface area contributed by atoms with Crippen molar-refractivity contribution in [1.82, 2.24) is 4.90 Å². The highest BCUT2D eigenvalue weighted by molar-refractivity contribution is 7.91. The van der Waals surface area contributed by atoms with Crippen LogP contribution in [0.2, 0.25) is 5.02 Å². The van der Waals surface area contributed by atoms with Gasteiger partial charge < -0.3 is 0 Å². The molecule has 2 rings (SSSR count). The van der Waals surface area contributed by atoms with Crippen LogP contribution in [0.25, 0.3) is 0 Å². The Balaban J connectivity index is 2.04. The highest BCUT2D eigenvalue weighted by Crippen LogP contribution is 2.30. The van der Waals surface area contributed by atoms with E-state index in [4.69, 9.17) is 11.6 Å². The van der Waals surface area contributed by atoms with Crippen molar-refractivity contribution in [1.29, 1.82) is 0 Å². The molecular formula is C16H24ClNO2S. The van der Waals surface area contributed by atoms with Crippen LogP contribution in [-0.4, -0.2) is 37.7 Å². The molecule has 118 valence electrons. The topological polar surface area (TPSA) is 37.4 Å². The zero-order valence-electron chi connectivity index (χ0n) is 12.9. The Kier molecular flexibility index (Phi) is 5.33. The number of hydrogen-bond acceptors (Lipinski definition) is 3. The first-order valence-corrected chi connectivity index (χ1v) is 9.58. The van der Waals surface area contributed by atoms with Crippen molar-refractivity contribution in [2.45, 2.75) is 50.6 Å². The summed E-state index contributed by atoms with van der Waals surface area (Å²) < 4.78 is 24.8. The second-order valence-corrected chi connectivity index (χ2v) is 8.77. The Morgan fingerprint density at radius 1 is 1.19 bits per heavy atom. The van der Waals surface area contributed by atoms with E-state index in [9.17, 15) is 8.42 Å². The molecule has 1 aliphatic rings. The molecule has 1 fully saturated rings. The molecule has 1 aromatic rings. The third-order valence-electron chi connectivity index (χ3n) is 4.29. The molecule has 1 aromatic carbocycles. The smallest absolute Gasteiger partial charge is 0.179 e. The first-order chi connectivity index (χ1) is 9.81. The second-order valence-electron chi connectivity index (χ2n) is 6.23. The molecule has 0 aromatic heterocycles. The molecule has 0 bridgehead atoms. The number of nitrogens with zero attached hydrogens (tertiary/aromatic N) is 1. The van der Waals surface area contributed by atoms with E-state index in [0.717, 1.165) is 0 Å². The monoisotopic (exact) mass is 329 g/mol. The molecule has 0 radical (unpaired) electrons. The molecule has 0 amide bonds. The van der Waals surface area contributed by atoms with E-state index in [1.807, 2.05) is 0 Å². The minimum Gasteiger partial charge on any atom is -0.296 e. The van der Waals surface area contributed by atoms with Gasteiger partial charge in [0.25, 0.3) is 0 Å². The van der Waals surface area contributed by atoms with Gasteiger partial charge in [0.15, 0.2) is 9.84 Å². The Morgan fingerprint density at radius 3 is 2.24 bits per heavy atom. The fourth-order valence-electron chi connectivity index (χ4n) is 2.49. The first-order valence-electron chi connectivity index (χ1n) is 7.55. The molecule has 0 aliphatic heterocycles. The highest BCUT2D eigenvalue weighted by atomic mass is 35.5. The molecule has 0 saturated heterocycles. The van der Waals surface area contributed by atoms with Crippen molar-refractivity contribution in [3.63, 3.8) is 0 Å². The normalized spacial score (nSPS) is 17.4. The van der Waals surface area contributed by atoms with Crippen LogP contribution in [0.4, 0.5) is 0 Å². The number of rotatable bonds is 7. The van der Waals surface area contributed by atoms with Crippen LogP contribution < -0.4 is 0 Å². The van der Waals surface area contributed by atoms with Gasteiger partial charge in [-0.05, 0) is 49.9 Å². The lowest BCUT2D eigenvalue weighted by molar-refractivity contribution is 0.168. The Hall–Kier alpha value is -0.580. The molecule has 1 atom stereocenters. The Morgan fingerprint density at radius 2 is 1.76 bits per heavy atom. The zero-order valence-corrected chi connectivity index (χ0v) is 14.5. The van der Waals surface area contributed by atoms with Gasteiger partial charge in [-0.15, -0.1) is 0 Å². The van der Waals surface area contributed by atoms with Gasteiger partial charge in [-0.3, -0.25) is 4.90 Å². The van der Waals surface area contributed by atoms with E-state index in [1.54, 1.807) is 24.3 Å². The second kappa shape index (κ2) is 6.67. The summed E-state index contributed by atoms with van der Waals surface area (Å²) in [7, 11) is -3.24.